The first-order chi connectivity index (χ1) is 10.3. The topological polar surface area (TPSA) is 56.7 Å². The molecule has 0 aromatic carbocycles. The zero-order valence-electron chi connectivity index (χ0n) is 13.4. The molecule has 0 unspecified atom stereocenters. The molecule has 0 atom stereocenters. The van der Waals surface area contributed by atoms with E-state index in [1.807, 2.05) is 20.9 Å². The highest BCUT2D eigenvalue weighted by molar-refractivity contribution is 6.32. The molecule has 5 nitrogen and oxygen atoms in total. The summed E-state index contributed by atoms with van der Waals surface area (Å²) in [6, 6.07) is 3.35. The second-order valence-corrected chi connectivity index (χ2v) is 6.75. The molecular formula is C16H24ClN3O2. The Labute approximate surface area is 136 Å². The van der Waals surface area contributed by atoms with E-state index in [-0.39, 0.29) is 17.1 Å². The number of halogens is 1. The summed E-state index contributed by atoms with van der Waals surface area (Å²) in [4.78, 5) is 20.6. The second-order valence-electron chi connectivity index (χ2n) is 6.40. The van der Waals surface area contributed by atoms with Crippen molar-refractivity contribution in [2.24, 2.45) is 0 Å². The summed E-state index contributed by atoms with van der Waals surface area (Å²) in [6.07, 6.45) is 2.89. The molecule has 1 aliphatic heterocycles. The van der Waals surface area contributed by atoms with Gasteiger partial charge in [-0.3, -0.25) is 4.79 Å². The summed E-state index contributed by atoms with van der Waals surface area (Å²) in [5.41, 5.74) is -0.449. The molecule has 0 spiro atoms. The molecule has 1 aromatic heterocycles. The first-order valence-corrected chi connectivity index (χ1v) is 8.02. The number of likely N-dealkylation sites (tertiary alicyclic amines) is 1. The minimum Gasteiger partial charge on any atom is -0.388 e. The average molecular weight is 326 g/mol. The molecule has 0 aliphatic carbocycles. The smallest absolute Gasteiger partial charge is 0.257 e. The molecule has 1 aliphatic rings. The lowest BCUT2D eigenvalue weighted by Crippen LogP contribution is -2.53. The third-order valence-corrected chi connectivity index (χ3v) is 4.56. The Morgan fingerprint density at radius 3 is 2.68 bits per heavy atom. The van der Waals surface area contributed by atoms with Gasteiger partial charge in [0.25, 0.3) is 5.91 Å². The Hall–Kier alpha value is -1.17. The number of piperidine rings is 1. The van der Waals surface area contributed by atoms with Crippen LogP contribution in [0, 0.1) is 0 Å². The van der Waals surface area contributed by atoms with E-state index >= 15 is 0 Å². The fourth-order valence-electron chi connectivity index (χ4n) is 2.70. The normalized spacial score (nSPS) is 18.5. The molecule has 6 heteroatoms. The van der Waals surface area contributed by atoms with Crippen LogP contribution in [0.2, 0.25) is 5.15 Å². The minimum absolute atomic E-state index is 0.0209. The van der Waals surface area contributed by atoms with E-state index in [4.69, 9.17) is 11.6 Å². The first-order valence-electron chi connectivity index (χ1n) is 7.65. The van der Waals surface area contributed by atoms with Gasteiger partial charge in [0.1, 0.15) is 5.15 Å². The van der Waals surface area contributed by atoms with Gasteiger partial charge in [-0.1, -0.05) is 11.6 Å². The number of hydrogen-bond donors (Lipinski definition) is 1. The number of nitrogens with zero attached hydrogens (tertiary/aromatic N) is 3. The van der Waals surface area contributed by atoms with Gasteiger partial charge in [0.2, 0.25) is 0 Å². The van der Waals surface area contributed by atoms with Gasteiger partial charge in [-0.2, -0.15) is 0 Å². The number of carbonyl (C=O) groups excluding carboxylic acids is 1. The largest absolute Gasteiger partial charge is 0.388 e. The van der Waals surface area contributed by atoms with Gasteiger partial charge in [-0.15, -0.1) is 0 Å². The van der Waals surface area contributed by atoms with Crippen molar-refractivity contribution in [2.45, 2.75) is 38.3 Å². The summed E-state index contributed by atoms with van der Waals surface area (Å²) < 4.78 is 0. The van der Waals surface area contributed by atoms with Gasteiger partial charge in [0.05, 0.1) is 17.7 Å². The quantitative estimate of drug-likeness (QED) is 0.861. The number of carbonyl (C=O) groups is 1. The Morgan fingerprint density at radius 2 is 2.14 bits per heavy atom. The fraction of sp³-hybridized carbons (Fsp3) is 0.625. The van der Waals surface area contributed by atoms with Gasteiger partial charge in [-0.05, 0) is 45.9 Å². The molecule has 22 heavy (non-hydrogen) atoms. The van der Waals surface area contributed by atoms with Gasteiger partial charge in [0, 0.05) is 25.3 Å². The van der Waals surface area contributed by atoms with Crippen LogP contribution in [0.5, 0.6) is 0 Å². The summed E-state index contributed by atoms with van der Waals surface area (Å²) >= 11 is 6.04. The van der Waals surface area contributed by atoms with Crippen molar-refractivity contribution >= 4 is 17.5 Å². The van der Waals surface area contributed by atoms with Crippen LogP contribution in [-0.2, 0) is 0 Å². The molecule has 1 aromatic rings. The van der Waals surface area contributed by atoms with Crippen LogP contribution >= 0.6 is 11.6 Å². The zero-order valence-corrected chi connectivity index (χ0v) is 14.2. The van der Waals surface area contributed by atoms with Crippen molar-refractivity contribution in [1.82, 2.24) is 14.8 Å². The number of pyridine rings is 1. The minimum atomic E-state index is -0.832. The molecule has 1 amide bonds. The van der Waals surface area contributed by atoms with Crippen LogP contribution in [0.1, 0.15) is 37.0 Å². The Morgan fingerprint density at radius 1 is 1.50 bits per heavy atom. The summed E-state index contributed by atoms with van der Waals surface area (Å²) in [5.74, 6) is -0.180. The Kier molecular flexibility index (Phi) is 5.42. The lowest BCUT2D eigenvalue weighted by atomic mass is 9.90. The van der Waals surface area contributed by atoms with Crippen molar-refractivity contribution in [3.05, 3.63) is 29.0 Å². The van der Waals surface area contributed by atoms with Crippen molar-refractivity contribution in [3.8, 4) is 0 Å². The van der Waals surface area contributed by atoms with Crippen LogP contribution in [0.15, 0.2) is 18.3 Å². The van der Waals surface area contributed by atoms with E-state index < -0.39 is 5.60 Å². The van der Waals surface area contributed by atoms with Crippen LogP contribution in [0.4, 0.5) is 0 Å². The number of hydrogen-bond acceptors (Lipinski definition) is 4. The lowest BCUT2D eigenvalue weighted by Gasteiger charge is -2.41. The van der Waals surface area contributed by atoms with E-state index in [1.54, 1.807) is 23.2 Å². The van der Waals surface area contributed by atoms with Crippen molar-refractivity contribution in [3.63, 3.8) is 0 Å². The molecule has 1 fully saturated rings. The molecule has 1 saturated heterocycles. The van der Waals surface area contributed by atoms with Crippen LogP contribution in [-0.4, -0.2) is 64.1 Å². The van der Waals surface area contributed by atoms with Gasteiger partial charge >= 0.3 is 0 Å². The standard InChI is InChI=1S/C16H24ClN3O2/c1-12(2)20(11-16(22)6-9-19(3)10-7-16)15(21)13-5-4-8-18-14(13)17/h4-5,8,12,22H,6-7,9-11H2,1-3H3. The highest BCUT2D eigenvalue weighted by Gasteiger charge is 2.36. The molecule has 2 heterocycles. The van der Waals surface area contributed by atoms with Gasteiger partial charge in [0.15, 0.2) is 0 Å². The first kappa shape index (κ1) is 17.2. The van der Waals surface area contributed by atoms with Gasteiger partial charge in [-0.25, -0.2) is 4.98 Å². The van der Waals surface area contributed by atoms with Crippen molar-refractivity contribution in [2.75, 3.05) is 26.7 Å². The van der Waals surface area contributed by atoms with E-state index in [0.717, 1.165) is 13.1 Å². The molecule has 0 radical (unpaired) electrons. The molecular weight excluding hydrogens is 302 g/mol. The van der Waals surface area contributed by atoms with Crippen molar-refractivity contribution < 1.29 is 9.90 Å². The Bertz CT molecular complexity index is 528. The molecule has 122 valence electrons. The van der Waals surface area contributed by atoms with Crippen LogP contribution < -0.4 is 0 Å². The maximum absolute atomic E-state index is 12.8. The van der Waals surface area contributed by atoms with E-state index in [2.05, 4.69) is 9.88 Å². The molecule has 1 N–H and O–H groups in total. The van der Waals surface area contributed by atoms with Crippen LogP contribution in [0.25, 0.3) is 0 Å². The van der Waals surface area contributed by atoms with E-state index in [0.29, 0.717) is 24.9 Å². The number of amides is 1. The molecule has 2 rings (SSSR count). The highest BCUT2D eigenvalue weighted by atomic mass is 35.5. The number of aliphatic hydroxyl groups is 1. The predicted molar refractivity (Wildman–Crippen MR) is 87.1 cm³/mol. The third-order valence-electron chi connectivity index (χ3n) is 4.26. The molecule has 0 saturated carbocycles. The maximum atomic E-state index is 12.8. The molecule has 0 bridgehead atoms. The average Bonchev–Trinajstić information content (AvgIpc) is 2.48. The monoisotopic (exact) mass is 325 g/mol. The maximum Gasteiger partial charge on any atom is 0.257 e. The van der Waals surface area contributed by atoms with Crippen LogP contribution in [0.3, 0.4) is 0 Å². The second kappa shape index (κ2) is 6.94. The van der Waals surface area contributed by atoms with E-state index in [1.165, 1.54) is 0 Å². The van der Waals surface area contributed by atoms with Gasteiger partial charge < -0.3 is 14.9 Å². The van der Waals surface area contributed by atoms with Crippen molar-refractivity contribution in [1.29, 1.82) is 0 Å². The number of aromatic nitrogens is 1. The lowest BCUT2D eigenvalue weighted by molar-refractivity contribution is -0.0413. The number of rotatable bonds is 4. The summed E-state index contributed by atoms with van der Waals surface area (Å²) in [5, 5.41) is 11.0. The fourth-order valence-corrected chi connectivity index (χ4v) is 2.90. The predicted octanol–water partition coefficient (Wildman–Crippen LogP) is 2.04. The third kappa shape index (κ3) is 3.97. The SMILES string of the molecule is CC(C)N(CC1(O)CCN(C)CC1)C(=O)c1cccnc1Cl. The van der Waals surface area contributed by atoms with E-state index in [9.17, 15) is 9.90 Å². The zero-order chi connectivity index (χ0) is 16.3. The highest BCUT2D eigenvalue weighted by Crippen LogP contribution is 2.25. The summed E-state index contributed by atoms with van der Waals surface area (Å²) in [7, 11) is 2.04. The Balaban J connectivity index is 2.17. The summed E-state index contributed by atoms with van der Waals surface area (Å²) in [6.45, 7) is 5.89.